The Hall–Kier alpha value is -4.11. The van der Waals surface area contributed by atoms with Crippen molar-refractivity contribution in [3.63, 3.8) is 0 Å². The molecule has 0 aliphatic carbocycles. The van der Waals surface area contributed by atoms with Crippen LogP contribution in [-0.2, 0) is 13.2 Å². The van der Waals surface area contributed by atoms with Crippen molar-refractivity contribution in [3.8, 4) is 17.6 Å². The summed E-state index contributed by atoms with van der Waals surface area (Å²) in [6.45, 7) is 0.469. The number of benzene rings is 2. The molecule has 1 N–H and O–H groups in total. The van der Waals surface area contributed by atoms with Crippen molar-refractivity contribution in [2.75, 3.05) is 0 Å². The number of rotatable bonds is 8. The molecule has 1 heterocycles. The number of hydrogen-bond donors (Lipinski definition) is 1. The molecule has 0 amide bonds. The molecule has 1 aromatic heterocycles. The molecule has 0 saturated heterocycles. The van der Waals surface area contributed by atoms with E-state index in [2.05, 4.69) is 4.98 Å². The third kappa shape index (κ3) is 5.44. The third-order valence-corrected chi connectivity index (χ3v) is 3.96. The highest BCUT2D eigenvalue weighted by Gasteiger charge is 2.18. The molecule has 0 aliphatic heterocycles. The number of carboxylic acid groups (broad SMARTS) is 1. The van der Waals surface area contributed by atoms with Crippen LogP contribution in [0.5, 0.6) is 11.5 Å². The summed E-state index contributed by atoms with van der Waals surface area (Å²) in [6.07, 6.45) is 2.62. The average molecular weight is 386 g/mol. The molecule has 3 rings (SSSR count). The van der Waals surface area contributed by atoms with Crippen molar-refractivity contribution in [1.29, 1.82) is 5.26 Å². The summed E-state index contributed by atoms with van der Waals surface area (Å²) in [7, 11) is 0. The minimum atomic E-state index is -1.20. The van der Waals surface area contributed by atoms with Crippen LogP contribution in [0.25, 0.3) is 6.08 Å². The number of ether oxygens (including phenoxy) is 2. The second-order valence-corrected chi connectivity index (χ2v) is 6.04. The molecule has 144 valence electrons. The normalized spacial score (nSPS) is 10.4. The Bertz CT molecular complexity index is 1040. The standard InChI is InChI=1S/C23H18N2O4/c24-13-7-12-19-22(29-16-18-10-5-2-6-11-18)21(14-20(25-19)23(26)27)28-15-17-8-3-1-4-9-17/h1-12,14H,15-16H2,(H,26,27). The molecule has 0 atom stereocenters. The third-order valence-electron chi connectivity index (χ3n) is 3.96. The van der Waals surface area contributed by atoms with E-state index in [1.54, 1.807) is 0 Å². The van der Waals surface area contributed by atoms with Gasteiger partial charge in [0.1, 0.15) is 18.9 Å². The molecule has 0 aliphatic rings. The van der Waals surface area contributed by atoms with Gasteiger partial charge in [-0.1, -0.05) is 60.7 Å². The van der Waals surface area contributed by atoms with Gasteiger partial charge in [0, 0.05) is 12.1 Å². The number of nitrogens with zero attached hydrogens (tertiary/aromatic N) is 2. The molecule has 3 aromatic rings. The molecule has 6 heteroatoms. The van der Waals surface area contributed by atoms with Crippen molar-refractivity contribution in [2.45, 2.75) is 13.2 Å². The lowest BCUT2D eigenvalue weighted by molar-refractivity contribution is 0.0689. The average Bonchev–Trinajstić information content (AvgIpc) is 2.76. The first-order valence-corrected chi connectivity index (χ1v) is 8.85. The number of aromatic carboxylic acids is 1. The Morgan fingerprint density at radius 3 is 2.14 bits per heavy atom. The second-order valence-electron chi connectivity index (χ2n) is 6.04. The molecule has 0 unspecified atom stereocenters. The molecule has 6 nitrogen and oxygen atoms in total. The van der Waals surface area contributed by atoms with E-state index in [0.717, 1.165) is 11.1 Å². The number of nitriles is 1. The van der Waals surface area contributed by atoms with Gasteiger partial charge >= 0.3 is 5.97 Å². The van der Waals surface area contributed by atoms with Gasteiger partial charge in [-0.25, -0.2) is 9.78 Å². The summed E-state index contributed by atoms with van der Waals surface area (Å²) < 4.78 is 11.8. The van der Waals surface area contributed by atoms with E-state index < -0.39 is 5.97 Å². The number of pyridine rings is 1. The molecule has 0 fully saturated rings. The van der Waals surface area contributed by atoms with Gasteiger partial charge in [-0.15, -0.1) is 0 Å². The van der Waals surface area contributed by atoms with Crippen molar-refractivity contribution in [3.05, 3.63) is 95.3 Å². The van der Waals surface area contributed by atoms with E-state index in [1.807, 2.05) is 66.7 Å². The lowest BCUT2D eigenvalue weighted by atomic mass is 10.2. The zero-order valence-corrected chi connectivity index (χ0v) is 15.5. The van der Waals surface area contributed by atoms with E-state index >= 15 is 0 Å². The summed E-state index contributed by atoms with van der Waals surface area (Å²) in [5, 5.41) is 18.3. The SMILES string of the molecule is N#CC=Cc1nc(C(=O)O)cc(OCc2ccccc2)c1OCc1ccccc1. The highest BCUT2D eigenvalue weighted by Crippen LogP contribution is 2.33. The largest absolute Gasteiger partial charge is 0.485 e. The van der Waals surface area contributed by atoms with Crippen LogP contribution in [0, 0.1) is 11.3 Å². The number of allylic oxidation sites excluding steroid dienone is 1. The number of hydrogen-bond acceptors (Lipinski definition) is 5. The van der Waals surface area contributed by atoms with Crippen LogP contribution in [0.4, 0.5) is 0 Å². The summed E-state index contributed by atoms with van der Waals surface area (Å²) in [6, 6.07) is 22.2. The number of carbonyl (C=O) groups is 1. The van der Waals surface area contributed by atoms with Gasteiger partial charge in [0.25, 0.3) is 0 Å². The molecule has 0 radical (unpaired) electrons. The van der Waals surface area contributed by atoms with Crippen LogP contribution in [-0.4, -0.2) is 16.1 Å². The summed E-state index contributed by atoms with van der Waals surface area (Å²) in [5.74, 6) is -0.674. The van der Waals surface area contributed by atoms with Gasteiger partial charge in [-0.3, -0.25) is 0 Å². The summed E-state index contributed by atoms with van der Waals surface area (Å²) in [5.41, 5.74) is 1.87. The van der Waals surface area contributed by atoms with E-state index in [9.17, 15) is 9.90 Å². The second kappa shape index (κ2) is 9.72. The highest BCUT2D eigenvalue weighted by atomic mass is 16.5. The van der Waals surface area contributed by atoms with Crippen LogP contribution in [0.15, 0.2) is 72.8 Å². The molecule has 2 aromatic carbocycles. The Kier molecular flexibility index (Phi) is 6.58. The maximum Gasteiger partial charge on any atom is 0.354 e. The van der Waals surface area contributed by atoms with Crippen molar-refractivity contribution >= 4 is 12.0 Å². The lowest BCUT2D eigenvalue weighted by Crippen LogP contribution is -2.08. The van der Waals surface area contributed by atoms with Crippen LogP contribution in [0.1, 0.15) is 27.3 Å². The topological polar surface area (TPSA) is 92.4 Å². The molecule has 0 spiro atoms. The number of carboxylic acids is 1. The Balaban J connectivity index is 1.96. The van der Waals surface area contributed by atoms with Crippen LogP contribution < -0.4 is 9.47 Å². The van der Waals surface area contributed by atoms with Gasteiger partial charge in [-0.05, 0) is 17.2 Å². The van der Waals surface area contributed by atoms with Crippen molar-refractivity contribution in [1.82, 2.24) is 4.98 Å². The Labute approximate surface area is 168 Å². The van der Waals surface area contributed by atoms with Crippen LogP contribution in [0.3, 0.4) is 0 Å². The quantitative estimate of drug-likeness (QED) is 0.574. The molecule has 0 bridgehead atoms. The predicted molar refractivity (Wildman–Crippen MR) is 107 cm³/mol. The van der Waals surface area contributed by atoms with E-state index in [0.29, 0.717) is 0 Å². The fraction of sp³-hybridized carbons (Fsp3) is 0.0870. The van der Waals surface area contributed by atoms with E-state index in [4.69, 9.17) is 14.7 Å². The fourth-order valence-electron chi connectivity index (χ4n) is 2.58. The maximum atomic E-state index is 11.5. The molecular weight excluding hydrogens is 368 g/mol. The van der Waals surface area contributed by atoms with E-state index in [-0.39, 0.29) is 36.1 Å². The maximum absolute atomic E-state index is 11.5. The zero-order valence-electron chi connectivity index (χ0n) is 15.5. The van der Waals surface area contributed by atoms with Crippen LogP contribution in [0.2, 0.25) is 0 Å². The van der Waals surface area contributed by atoms with Gasteiger partial charge in [0.05, 0.1) is 6.07 Å². The number of aromatic nitrogens is 1. The fourth-order valence-corrected chi connectivity index (χ4v) is 2.58. The molecule has 0 saturated carbocycles. The smallest absolute Gasteiger partial charge is 0.354 e. The Morgan fingerprint density at radius 2 is 1.59 bits per heavy atom. The first kappa shape index (κ1) is 19.6. The van der Waals surface area contributed by atoms with Crippen molar-refractivity contribution in [2.24, 2.45) is 0 Å². The highest BCUT2D eigenvalue weighted by molar-refractivity contribution is 5.87. The summed E-state index contributed by atoms with van der Waals surface area (Å²) >= 11 is 0. The van der Waals surface area contributed by atoms with Crippen molar-refractivity contribution < 1.29 is 19.4 Å². The predicted octanol–water partition coefficient (Wildman–Crippen LogP) is 4.47. The minimum absolute atomic E-state index is 0.197. The van der Waals surface area contributed by atoms with E-state index in [1.165, 1.54) is 18.2 Å². The van der Waals surface area contributed by atoms with Gasteiger partial charge in [-0.2, -0.15) is 5.26 Å². The van der Waals surface area contributed by atoms with Gasteiger partial charge in [0.15, 0.2) is 17.2 Å². The lowest BCUT2D eigenvalue weighted by Gasteiger charge is -2.16. The summed E-state index contributed by atoms with van der Waals surface area (Å²) in [4.78, 5) is 15.6. The first-order valence-electron chi connectivity index (χ1n) is 8.85. The zero-order chi connectivity index (χ0) is 20.5. The molecule has 29 heavy (non-hydrogen) atoms. The molecular formula is C23H18N2O4. The van der Waals surface area contributed by atoms with Gasteiger partial charge in [0.2, 0.25) is 0 Å². The van der Waals surface area contributed by atoms with Crippen LogP contribution >= 0.6 is 0 Å². The van der Waals surface area contributed by atoms with Gasteiger partial charge < -0.3 is 14.6 Å². The first-order chi connectivity index (χ1) is 14.2. The monoisotopic (exact) mass is 386 g/mol. The Morgan fingerprint density at radius 1 is 1.00 bits per heavy atom. The minimum Gasteiger partial charge on any atom is -0.485 e.